The molecule has 0 aliphatic heterocycles. The number of aromatic carboxylic acids is 1. The second-order valence-electron chi connectivity index (χ2n) is 4.17. The van der Waals surface area contributed by atoms with Crippen LogP contribution in [-0.4, -0.2) is 25.2 Å². The molecule has 0 saturated heterocycles. The largest absolute Gasteiger partial charge is 0.478 e. The van der Waals surface area contributed by atoms with E-state index in [0.29, 0.717) is 19.3 Å². The summed E-state index contributed by atoms with van der Waals surface area (Å²) in [7, 11) is -3.50. The first-order valence-corrected chi connectivity index (χ1v) is 7.48. The van der Waals surface area contributed by atoms with Gasteiger partial charge in [0.05, 0.1) is 22.3 Å². The van der Waals surface area contributed by atoms with E-state index in [2.05, 4.69) is 0 Å². The van der Waals surface area contributed by atoms with Crippen LogP contribution in [-0.2, 0) is 9.84 Å². The topological polar surface area (TPSA) is 95.2 Å². The molecule has 0 saturated carbocycles. The molecule has 0 bridgehead atoms. The molecule has 1 aromatic carbocycles. The number of hydrogen-bond donors (Lipinski definition) is 1. The summed E-state index contributed by atoms with van der Waals surface area (Å²) in [5, 5.41) is 17.4. The van der Waals surface area contributed by atoms with Gasteiger partial charge < -0.3 is 5.11 Å². The minimum atomic E-state index is -3.50. The number of carboxylic acids is 1. The van der Waals surface area contributed by atoms with Crippen LogP contribution in [0, 0.1) is 18.3 Å². The Kier molecular flexibility index (Phi) is 5.07. The Morgan fingerprint density at radius 2 is 2.05 bits per heavy atom. The lowest BCUT2D eigenvalue weighted by molar-refractivity contribution is 0.0696. The van der Waals surface area contributed by atoms with Crippen LogP contribution in [0.5, 0.6) is 0 Å². The molecule has 0 aromatic heterocycles. The van der Waals surface area contributed by atoms with Gasteiger partial charge in [-0.05, 0) is 37.5 Å². The minimum Gasteiger partial charge on any atom is -0.478 e. The Balaban J connectivity index is 2.99. The number of sulfone groups is 1. The second kappa shape index (κ2) is 6.34. The lowest BCUT2D eigenvalue weighted by Crippen LogP contribution is -2.11. The van der Waals surface area contributed by atoms with Gasteiger partial charge in [-0.3, -0.25) is 0 Å². The van der Waals surface area contributed by atoms with Gasteiger partial charge in [0.1, 0.15) is 0 Å². The summed E-state index contributed by atoms with van der Waals surface area (Å²) in [5.74, 6) is -1.21. The van der Waals surface area contributed by atoms with Crippen molar-refractivity contribution in [2.45, 2.75) is 31.1 Å². The molecule has 0 fully saturated rings. The number of unbranched alkanes of at least 4 members (excludes halogenated alkanes) is 2. The van der Waals surface area contributed by atoms with E-state index in [4.69, 9.17) is 10.4 Å². The van der Waals surface area contributed by atoms with Crippen molar-refractivity contribution in [3.05, 3.63) is 29.3 Å². The highest BCUT2D eigenvalue weighted by Gasteiger charge is 2.20. The fraction of sp³-hybridized carbons (Fsp3) is 0.385. The summed E-state index contributed by atoms with van der Waals surface area (Å²) in [4.78, 5) is 11.0. The normalized spacial score (nSPS) is 10.9. The van der Waals surface area contributed by atoms with Crippen molar-refractivity contribution in [1.82, 2.24) is 0 Å². The Bertz CT molecular complexity index is 614. The monoisotopic (exact) mass is 281 g/mol. The molecule has 0 atom stereocenters. The van der Waals surface area contributed by atoms with Crippen molar-refractivity contribution in [1.29, 1.82) is 5.26 Å². The van der Waals surface area contributed by atoms with Gasteiger partial charge in [-0.1, -0.05) is 6.07 Å². The summed E-state index contributed by atoms with van der Waals surface area (Å²) < 4.78 is 24.2. The standard InChI is InChI=1S/C13H15NO4S/c1-10-11(13(15)16)6-5-7-12(10)19(17,18)9-4-2-3-8-14/h5-7H,2-4,9H2,1H3,(H,15,16). The first-order chi connectivity index (χ1) is 8.90. The van der Waals surface area contributed by atoms with Gasteiger partial charge in [-0.2, -0.15) is 5.26 Å². The van der Waals surface area contributed by atoms with E-state index in [9.17, 15) is 13.2 Å². The zero-order valence-corrected chi connectivity index (χ0v) is 11.4. The lowest BCUT2D eigenvalue weighted by atomic mass is 10.1. The predicted molar refractivity (Wildman–Crippen MR) is 69.7 cm³/mol. The van der Waals surface area contributed by atoms with Crippen LogP contribution in [0.4, 0.5) is 0 Å². The van der Waals surface area contributed by atoms with Crippen molar-refractivity contribution in [2.24, 2.45) is 0 Å². The van der Waals surface area contributed by atoms with E-state index in [0.717, 1.165) is 0 Å². The van der Waals surface area contributed by atoms with E-state index in [1.165, 1.54) is 25.1 Å². The number of nitrogens with zero attached hydrogens (tertiary/aromatic N) is 1. The van der Waals surface area contributed by atoms with Gasteiger partial charge in [0.2, 0.25) is 0 Å². The molecule has 0 radical (unpaired) electrons. The van der Waals surface area contributed by atoms with Gasteiger partial charge >= 0.3 is 5.97 Å². The molecule has 1 rings (SSSR count). The van der Waals surface area contributed by atoms with Gasteiger partial charge in [-0.25, -0.2) is 13.2 Å². The molecule has 0 spiro atoms. The summed E-state index contributed by atoms with van der Waals surface area (Å²) in [6.07, 6.45) is 1.24. The first-order valence-electron chi connectivity index (χ1n) is 5.83. The van der Waals surface area contributed by atoms with Crippen LogP contribution in [0.25, 0.3) is 0 Å². The van der Waals surface area contributed by atoms with Crippen LogP contribution < -0.4 is 0 Å². The van der Waals surface area contributed by atoms with Gasteiger partial charge in [-0.15, -0.1) is 0 Å². The number of nitriles is 1. The Labute approximate surface area is 112 Å². The third-order valence-electron chi connectivity index (χ3n) is 2.80. The fourth-order valence-electron chi connectivity index (χ4n) is 1.79. The zero-order chi connectivity index (χ0) is 14.5. The molecule has 1 aromatic rings. The summed E-state index contributed by atoms with van der Waals surface area (Å²) in [5.41, 5.74) is 0.258. The Morgan fingerprint density at radius 1 is 1.37 bits per heavy atom. The van der Waals surface area contributed by atoms with Crippen molar-refractivity contribution < 1.29 is 18.3 Å². The lowest BCUT2D eigenvalue weighted by Gasteiger charge is -2.09. The molecule has 19 heavy (non-hydrogen) atoms. The van der Waals surface area contributed by atoms with Crippen molar-refractivity contribution >= 4 is 15.8 Å². The number of hydrogen-bond acceptors (Lipinski definition) is 4. The molecule has 0 unspecified atom stereocenters. The number of carbonyl (C=O) groups is 1. The number of benzene rings is 1. The van der Waals surface area contributed by atoms with Crippen LogP contribution in [0.2, 0.25) is 0 Å². The van der Waals surface area contributed by atoms with Crippen molar-refractivity contribution in [3.63, 3.8) is 0 Å². The summed E-state index contributed by atoms with van der Waals surface area (Å²) >= 11 is 0. The molecule has 0 amide bonds. The molecule has 0 aliphatic rings. The second-order valence-corrected chi connectivity index (χ2v) is 6.25. The highest BCUT2D eigenvalue weighted by Crippen LogP contribution is 2.21. The maximum absolute atomic E-state index is 12.1. The van der Waals surface area contributed by atoms with Gasteiger partial charge in [0.25, 0.3) is 0 Å². The highest BCUT2D eigenvalue weighted by molar-refractivity contribution is 7.91. The van der Waals surface area contributed by atoms with Crippen LogP contribution in [0.3, 0.4) is 0 Å². The third-order valence-corrected chi connectivity index (χ3v) is 4.74. The maximum atomic E-state index is 12.1. The predicted octanol–water partition coefficient (Wildman–Crippen LogP) is 2.16. The van der Waals surface area contributed by atoms with Crippen molar-refractivity contribution in [3.8, 4) is 6.07 Å². The molecule has 0 heterocycles. The average molecular weight is 281 g/mol. The van der Waals surface area contributed by atoms with Gasteiger partial charge in [0, 0.05) is 6.42 Å². The number of carboxylic acid groups (broad SMARTS) is 1. The van der Waals surface area contributed by atoms with Gasteiger partial charge in [0.15, 0.2) is 9.84 Å². The first kappa shape index (κ1) is 15.2. The molecule has 5 nitrogen and oxygen atoms in total. The van der Waals surface area contributed by atoms with E-state index in [1.807, 2.05) is 6.07 Å². The molecule has 1 N–H and O–H groups in total. The summed E-state index contributed by atoms with van der Waals surface area (Å²) in [6.45, 7) is 1.49. The fourth-order valence-corrected chi connectivity index (χ4v) is 3.46. The van der Waals surface area contributed by atoms with E-state index in [-0.39, 0.29) is 21.8 Å². The third kappa shape index (κ3) is 3.80. The molecule has 0 aliphatic carbocycles. The molecular weight excluding hydrogens is 266 g/mol. The quantitative estimate of drug-likeness (QED) is 0.806. The van der Waals surface area contributed by atoms with Crippen LogP contribution in [0.15, 0.2) is 23.1 Å². The highest BCUT2D eigenvalue weighted by atomic mass is 32.2. The van der Waals surface area contributed by atoms with E-state index < -0.39 is 15.8 Å². The van der Waals surface area contributed by atoms with E-state index >= 15 is 0 Å². The Hall–Kier alpha value is -1.87. The molecular formula is C13H15NO4S. The minimum absolute atomic E-state index is 0.00176. The zero-order valence-electron chi connectivity index (χ0n) is 10.6. The van der Waals surface area contributed by atoms with Crippen LogP contribution in [0.1, 0.15) is 35.2 Å². The molecule has 102 valence electrons. The smallest absolute Gasteiger partial charge is 0.335 e. The number of rotatable bonds is 6. The van der Waals surface area contributed by atoms with Crippen LogP contribution >= 0.6 is 0 Å². The SMILES string of the molecule is Cc1c(C(=O)O)cccc1S(=O)(=O)CCCCC#N. The summed E-state index contributed by atoms with van der Waals surface area (Å²) in [6, 6.07) is 6.19. The maximum Gasteiger partial charge on any atom is 0.335 e. The average Bonchev–Trinajstić information content (AvgIpc) is 2.34. The van der Waals surface area contributed by atoms with Crippen molar-refractivity contribution in [2.75, 3.05) is 5.75 Å². The molecule has 6 heteroatoms. The Morgan fingerprint density at radius 3 is 2.63 bits per heavy atom. The van der Waals surface area contributed by atoms with E-state index in [1.54, 1.807) is 0 Å².